The van der Waals surface area contributed by atoms with Crippen LogP contribution in [0.3, 0.4) is 0 Å². The van der Waals surface area contributed by atoms with Crippen molar-refractivity contribution >= 4 is 11.9 Å². The zero-order chi connectivity index (χ0) is 37.5. The first-order valence-electron chi connectivity index (χ1n) is 18.0. The molecular formula is C35H53NO16. The van der Waals surface area contributed by atoms with Crippen LogP contribution in [0.2, 0.25) is 0 Å². The van der Waals surface area contributed by atoms with E-state index in [1.165, 1.54) is 14.0 Å². The predicted octanol–water partition coefficient (Wildman–Crippen LogP) is -0.940. The first-order valence-corrected chi connectivity index (χ1v) is 18.0. The molecular weight excluding hydrogens is 690 g/mol. The molecule has 1 aromatic rings. The molecule has 1 aromatic carbocycles. The number of aliphatic hydroxyl groups excluding tert-OH is 6. The average Bonchev–Trinajstić information content (AvgIpc) is 3.15. The van der Waals surface area contributed by atoms with E-state index in [0.717, 1.165) is 32.1 Å². The Morgan fingerprint density at radius 1 is 0.846 bits per heavy atom. The molecule has 0 aromatic heterocycles. The highest BCUT2D eigenvalue weighted by Gasteiger charge is 2.51. The van der Waals surface area contributed by atoms with Crippen LogP contribution in [0.15, 0.2) is 24.3 Å². The van der Waals surface area contributed by atoms with E-state index in [-0.39, 0.29) is 31.9 Å². The van der Waals surface area contributed by atoms with Crippen molar-refractivity contribution in [1.29, 1.82) is 0 Å². The maximum absolute atomic E-state index is 13.0. The summed E-state index contributed by atoms with van der Waals surface area (Å²) >= 11 is 0. The number of carboxylic acid groups (broad SMARTS) is 1. The summed E-state index contributed by atoms with van der Waals surface area (Å²) in [6, 6.07) is 6.41. The van der Waals surface area contributed by atoms with Gasteiger partial charge in [0.05, 0.1) is 25.9 Å². The highest BCUT2D eigenvalue weighted by molar-refractivity contribution is 5.94. The molecule has 0 bridgehead atoms. The Morgan fingerprint density at radius 2 is 1.54 bits per heavy atom. The molecule has 4 fully saturated rings. The average molecular weight is 744 g/mol. The van der Waals surface area contributed by atoms with Crippen molar-refractivity contribution in [3.05, 3.63) is 29.8 Å². The van der Waals surface area contributed by atoms with Gasteiger partial charge in [-0.2, -0.15) is 0 Å². The van der Waals surface area contributed by atoms with E-state index in [4.69, 9.17) is 33.2 Å². The molecule has 294 valence electrons. The van der Waals surface area contributed by atoms with Crippen LogP contribution in [0.5, 0.6) is 5.75 Å². The van der Waals surface area contributed by atoms with Crippen LogP contribution in [0, 0.1) is 5.92 Å². The van der Waals surface area contributed by atoms with Gasteiger partial charge < -0.3 is 74.2 Å². The zero-order valence-corrected chi connectivity index (χ0v) is 29.3. The molecule has 1 saturated carbocycles. The van der Waals surface area contributed by atoms with Gasteiger partial charge >= 0.3 is 5.97 Å². The maximum Gasteiger partial charge on any atom is 0.332 e. The van der Waals surface area contributed by atoms with E-state index >= 15 is 0 Å². The van der Waals surface area contributed by atoms with Crippen LogP contribution >= 0.6 is 0 Å². The molecule has 52 heavy (non-hydrogen) atoms. The van der Waals surface area contributed by atoms with Gasteiger partial charge in [-0.25, -0.2) is 4.79 Å². The quantitative estimate of drug-likeness (QED) is 0.114. The summed E-state index contributed by atoms with van der Waals surface area (Å²) in [5, 5.41) is 76.8. The Kier molecular flexibility index (Phi) is 14.6. The Labute approximate surface area is 301 Å². The largest absolute Gasteiger partial charge is 0.497 e. The van der Waals surface area contributed by atoms with E-state index in [0.29, 0.717) is 11.3 Å². The number of benzene rings is 1. The van der Waals surface area contributed by atoms with Crippen LogP contribution in [0.1, 0.15) is 62.2 Å². The summed E-state index contributed by atoms with van der Waals surface area (Å²) in [4.78, 5) is 25.3. The summed E-state index contributed by atoms with van der Waals surface area (Å²) in [7, 11) is 1.50. The second-order valence-corrected chi connectivity index (χ2v) is 14.0. The normalized spacial score (nSPS) is 38.0. The van der Waals surface area contributed by atoms with E-state index in [9.17, 15) is 45.3 Å². The highest BCUT2D eigenvalue weighted by atomic mass is 16.7. The zero-order valence-electron chi connectivity index (χ0n) is 29.3. The molecule has 3 heterocycles. The molecule has 1 aliphatic carbocycles. The minimum Gasteiger partial charge on any atom is -0.497 e. The number of amides is 1. The second kappa shape index (κ2) is 18.7. The van der Waals surface area contributed by atoms with Crippen molar-refractivity contribution in [2.24, 2.45) is 5.92 Å². The Hall–Kier alpha value is -2.52. The number of rotatable bonds is 14. The Bertz CT molecular complexity index is 1280. The topological polar surface area (TPSA) is 252 Å². The second-order valence-electron chi connectivity index (χ2n) is 14.0. The highest BCUT2D eigenvalue weighted by Crippen LogP contribution is 2.34. The number of aliphatic hydroxyl groups is 6. The monoisotopic (exact) mass is 743 g/mol. The molecule has 17 heteroatoms. The molecule has 0 radical (unpaired) electrons. The molecule has 4 aliphatic rings. The third-order valence-electron chi connectivity index (χ3n) is 10.4. The lowest BCUT2D eigenvalue weighted by molar-refractivity contribution is -0.355. The number of methoxy groups -OCH3 is 1. The van der Waals surface area contributed by atoms with E-state index in [1.807, 2.05) is 0 Å². The number of aliphatic carboxylic acids is 1. The standard InChI is InChI=1S/C35H53NO16/c1-17-25(38)27(40)28(41)34(48-17)52-30-21(12-13-47-23(30)15-36-32(43)19-8-10-20(46-2)11-9-19)50-35-29(42)31(26(39)24(16-37)51-35)49-22(33(44)45)14-18-6-4-3-5-7-18/h8-11,17-18,21-31,34-35,37-42H,3-7,12-16H2,1-2H3,(H,36,43)(H,44,45)/t17-,21+,22-,23+,24+,25+,26-,27+,28-,29+,30-,31-,34-,35+/m0/s1. The van der Waals surface area contributed by atoms with Crippen molar-refractivity contribution in [2.75, 3.05) is 26.9 Å². The summed E-state index contributed by atoms with van der Waals surface area (Å²) < 4.78 is 40.9. The van der Waals surface area contributed by atoms with Crippen molar-refractivity contribution in [1.82, 2.24) is 5.32 Å². The molecule has 3 saturated heterocycles. The number of hydrogen-bond acceptors (Lipinski definition) is 15. The molecule has 17 nitrogen and oxygen atoms in total. The number of nitrogens with one attached hydrogen (secondary N) is 1. The number of carbonyl (C=O) groups is 2. The van der Waals surface area contributed by atoms with Gasteiger partial charge in [-0.15, -0.1) is 0 Å². The molecule has 3 aliphatic heterocycles. The van der Waals surface area contributed by atoms with Crippen LogP contribution < -0.4 is 10.1 Å². The molecule has 14 atom stereocenters. The molecule has 0 spiro atoms. The van der Waals surface area contributed by atoms with Gasteiger partial charge in [-0.1, -0.05) is 32.1 Å². The van der Waals surface area contributed by atoms with Crippen LogP contribution in [0.4, 0.5) is 0 Å². The molecule has 5 rings (SSSR count). The SMILES string of the molecule is COc1ccc(C(=O)NC[C@H]2OCC[C@@H](O[C@@H]3O[C@H](CO)[C@H](O)[C@H](O[C@@H](CC4CCCCC4)C(=O)O)[C@H]3O)[C@@H]2O[C@@H]2O[C@@H](C)[C@@H](O)[C@@H](O)[C@@H]2O)cc1. The van der Waals surface area contributed by atoms with Crippen LogP contribution in [0.25, 0.3) is 0 Å². The minimum atomic E-state index is -1.73. The molecule has 8 N–H and O–H groups in total. The smallest absolute Gasteiger partial charge is 0.332 e. The van der Waals surface area contributed by atoms with Gasteiger partial charge in [0, 0.05) is 18.7 Å². The maximum atomic E-state index is 13.0. The summed E-state index contributed by atoms with van der Waals surface area (Å²) in [6.07, 6.45) is -14.3. The number of carboxylic acids is 1. The fourth-order valence-electron chi connectivity index (χ4n) is 7.28. The third kappa shape index (κ3) is 9.77. The van der Waals surface area contributed by atoms with Crippen molar-refractivity contribution < 1.29 is 78.5 Å². The lowest BCUT2D eigenvalue weighted by Gasteiger charge is -2.47. The van der Waals surface area contributed by atoms with Crippen molar-refractivity contribution in [2.45, 2.75) is 138 Å². The lowest BCUT2D eigenvalue weighted by Crippen LogP contribution is -2.64. The van der Waals surface area contributed by atoms with Crippen LogP contribution in [-0.4, -0.2) is 160 Å². The molecule has 1 amide bonds. The lowest BCUT2D eigenvalue weighted by atomic mass is 9.85. The number of hydrogen-bond donors (Lipinski definition) is 8. The third-order valence-corrected chi connectivity index (χ3v) is 10.4. The van der Waals surface area contributed by atoms with Crippen LogP contribution in [-0.2, 0) is 33.2 Å². The van der Waals surface area contributed by atoms with E-state index < -0.39 is 104 Å². The van der Waals surface area contributed by atoms with Gasteiger partial charge in [-0.05, 0) is 49.9 Å². The molecule has 0 unspecified atom stereocenters. The minimum absolute atomic E-state index is 0.0801. The van der Waals surface area contributed by atoms with Gasteiger partial charge in [-0.3, -0.25) is 4.79 Å². The van der Waals surface area contributed by atoms with E-state index in [1.54, 1.807) is 24.3 Å². The summed E-state index contributed by atoms with van der Waals surface area (Å²) in [5.74, 6) is -1.03. The van der Waals surface area contributed by atoms with Crippen molar-refractivity contribution in [3.63, 3.8) is 0 Å². The van der Waals surface area contributed by atoms with E-state index in [2.05, 4.69) is 5.32 Å². The Balaban J connectivity index is 1.34. The fourth-order valence-corrected chi connectivity index (χ4v) is 7.28. The fraction of sp³-hybridized carbons (Fsp3) is 0.771. The van der Waals surface area contributed by atoms with Gasteiger partial charge in [0.25, 0.3) is 5.91 Å². The predicted molar refractivity (Wildman–Crippen MR) is 177 cm³/mol. The summed E-state index contributed by atoms with van der Waals surface area (Å²) in [5.41, 5.74) is 0.334. The number of ether oxygens (including phenoxy) is 7. The first kappa shape index (κ1) is 40.7. The van der Waals surface area contributed by atoms with Crippen molar-refractivity contribution in [3.8, 4) is 5.75 Å². The summed E-state index contributed by atoms with van der Waals surface area (Å²) in [6.45, 7) is 0.732. The van der Waals surface area contributed by atoms with Gasteiger partial charge in [0.2, 0.25) is 0 Å². The number of carbonyl (C=O) groups excluding carboxylic acids is 1. The van der Waals surface area contributed by atoms with Gasteiger partial charge in [0.1, 0.15) is 60.7 Å². The Morgan fingerprint density at radius 3 is 2.19 bits per heavy atom. The van der Waals surface area contributed by atoms with Gasteiger partial charge in [0.15, 0.2) is 18.7 Å². The first-order chi connectivity index (χ1) is 24.9.